The first-order valence-corrected chi connectivity index (χ1v) is 7.58. The van der Waals surface area contributed by atoms with Crippen molar-refractivity contribution in [3.05, 3.63) is 71.3 Å². The van der Waals surface area contributed by atoms with Gasteiger partial charge in [0, 0.05) is 6.42 Å². The summed E-state index contributed by atoms with van der Waals surface area (Å²) in [6.07, 6.45) is 0.957. The number of carbonyl (C=O) groups is 2. The Hall–Kier alpha value is -2.62. The first-order valence-electron chi connectivity index (χ1n) is 7.58. The number of ether oxygens (including phenoxy) is 1. The van der Waals surface area contributed by atoms with Gasteiger partial charge in [0.25, 0.3) is 0 Å². The molecule has 120 valence electrons. The molecule has 0 spiro atoms. The van der Waals surface area contributed by atoms with Crippen LogP contribution in [0.4, 0.5) is 0 Å². The molecule has 0 radical (unpaired) electrons. The number of hydrogen-bond acceptors (Lipinski definition) is 3. The molecule has 0 aliphatic heterocycles. The smallest absolute Gasteiger partial charge is 0.333 e. The zero-order valence-corrected chi connectivity index (χ0v) is 13.4. The SMILES string of the molecule is COC(=O)C(NC(=O)CCc1ccc(C)cc1)c1ccccc1. The third-order valence-electron chi connectivity index (χ3n) is 3.64. The van der Waals surface area contributed by atoms with Gasteiger partial charge in [-0.15, -0.1) is 0 Å². The monoisotopic (exact) mass is 311 g/mol. The molecule has 0 aromatic heterocycles. The van der Waals surface area contributed by atoms with Crippen molar-refractivity contribution in [3.8, 4) is 0 Å². The summed E-state index contributed by atoms with van der Waals surface area (Å²) in [4.78, 5) is 24.1. The predicted molar refractivity (Wildman–Crippen MR) is 88.8 cm³/mol. The van der Waals surface area contributed by atoms with E-state index in [1.54, 1.807) is 12.1 Å². The number of rotatable bonds is 6. The molecular weight excluding hydrogens is 290 g/mol. The van der Waals surface area contributed by atoms with Crippen LogP contribution in [0.5, 0.6) is 0 Å². The van der Waals surface area contributed by atoms with Crippen LogP contribution in [0.25, 0.3) is 0 Å². The average molecular weight is 311 g/mol. The second-order valence-electron chi connectivity index (χ2n) is 5.42. The number of esters is 1. The summed E-state index contributed by atoms with van der Waals surface area (Å²) >= 11 is 0. The van der Waals surface area contributed by atoms with Gasteiger partial charge >= 0.3 is 5.97 Å². The Morgan fingerprint density at radius 2 is 1.70 bits per heavy atom. The molecule has 4 heteroatoms. The molecule has 0 saturated carbocycles. The fourth-order valence-corrected chi connectivity index (χ4v) is 2.29. The molecule has 1 N–H and O–H groups in total. The van der Waals surface area contributed by atoms with Crippen LogP contribution in [0.15, 0.2) is 54.6 Å². The third kappa shape index (κ3) is 4.95. The van der Waals surface area contributed by atoms with Gasteiger partial charge in [-0.3, -0.25) is 4.79 Å². The summed E-state index contributed by atoms with van der Waals surface area (Å²) < 4.78 is 4.79. The fraction of sp³-hybridized carbons (Fsp3) is 0.263. The minimum absolute atomic E-state index is 0.176. The molecule has 1 unspecified atom stereocenters. The summed E-state index contributed by atoms with van der Waals surface area (Å²) in [6, 6.07) is 16.4. The van der Waals surface area contributed by atoms with Crippen LogP contribution < -0.4 is 5.32 Å². The van der Waals surface area contributed by atoms with E-state index in [9.17, 15) is 9.59 Å². The van der Waals surface area contributed by atoms with E-state index >= 15 is 0 Å². The summed E-state index contributed by atoms with van der Waals surface area (Å²) in [5.41, 5.74) is 3.00. The lowest BCUT2D eigenvalue weighted by Crippen LogP contribution is -2.34. The van der Waals surface area contributed by atoms with Crippen molar-refractivity contribution >= 4 is 11.9 Å². The van der Waals surface area contributed by atoms with E-state index in [1.165, 1.54) is 12.7 Å². The Kier molecular flexibility index (Phi) is 5.92. The number of nitrogens with one attached hydrogen (secondary N) is 1. The summed E-state index contributed by atoms with van der Waals surface area (Å²) in [7, 11) is 1.32. The first-order chi connectivity index (χ1) is 11.1. The maximum atomic E-state index is 12.2. The number of aryl methyl sites for hydroxylation is 2. The van der Waals surface area contributed by atoms with E-state index in [0.29, 0.717) is 18.4 Å². The third-order valence-corrected chi connectivity index (χ3v) is 3.64. The fourth-order valence-electron chi connectivity index (χ4n) is 2.29. The van der Waals surface area contributed by atoms with Crippen LogP contribution in [0.1, 0.15) is 29.2 Å². The van der Waals surface area contributed by atoms with Gasteiger partial charge in [-0.2, -0.15) is 0 Å². The van der Waals surface area contributed by atoms with Gasteiger partial charge in [0.05, 0.1) is 7.11 Å². The van der Waals surface area contributed by atoms with Crippen molar-refractivity contribution in [2.45, 2.75) is 25.8 Å². The molecule has 1 amide bonds. The van der Waals surface area contributed by atoms with Crippen molar-refractivity contribution in [2.75, 3.05) is 7.11 Å². The molecule has 2 aromatic carbocycles. The van der Waals surface area contributed by atoms with Gasteiger partial charge in [0.2, 0.25) is 5.91 Å². The highest BCUT2D eigenvalue weighted by molar-refractivity contribution is 5.85. The van der Waals surface area contributed by atoms with E-state index in [4.69, 9.17) is 4.74 Å². The van der Waals surface area contributed by atoms with E-state index in [0.717, 1.165) is 5.56 Å². The Bertz CT molecular complexity index is 650. The number of benzene rings is 2. The van der Waals surface area contributed by atoms with Crippen LogP contribution in [0.3, 0.4) is 0 Å². The maximum absolute atomic E-state index is 12.2. The molecule has 23 heavy (non-hydrogen) atoms. The van der Waals surface area contributed by atoms with E-state index in [1.807, 2.05) is 49.4 Å². The van der Waals surface area contributed by atoms with E-state index < -0.39 is 12.0 Å². The van der Waals surface area contributed by atoms with Crippen molar-refractivity contribution in [1.29, 1.82) is 0 Å². The van der Waals surface area contributed by atoms with Crippen LogP contribution in [-0.4, -0.2) is 19.0 Å². The molecular formula is C19H21NO3. The standard InChI is InChI=1S/C19H21NO3/c1-14-8-10-15(11-9-14)12-13-17(21)20-18(19(22)23-2)16-6-4-3-5-7-16/h3-11,18H,12-13H2,1-2H3,(H,20,21). The molecule has 2 aromatic rings. The number of carbonyl (C=O) groups excluding carboxylic acids is 2. The van der Waals surface area contributed by atoms with Crippen molar-refractivity contribution in [1.82, 2.24) is 5.32 Å². The Morgan fingerprint density at radius 1 is 1.04 bits per heavy atom. The Balaban J connectivity index is 1.97. The van der Waals surface area contributed by atoms with Crippen molar-refractivity contribution in [3.63, 3.8) is 0 Å². The maximum Gasteiger partial charge on any atom is 0.333 e. The highest BCUT2D eigenvalue weighted by atomic mass is 16.5. The molecule has 0 bridgehead atoms. The molecule has 0 aliphatic rings. The van der Waals surface area contributed by atoms with Crippen molar-refractivity contribution < 1.29 is 14.3 Å². The molecule has 0 aliphatic carbocycles. The topological polar surface area (TPSA) is 55.4 Å². The van der Waals surface area contributed by atoms with Gasteiger partial charge in [-0.05, 0) is 24.5 Å². The van der Waals surface area contributed by atoms with Crippen LogP contribution in [0, 0.1) is 6.92 Å². The molecule has 0 saturated heterocycles. The zero-order valence-electron chi connectivity index (χ0n) is 13.4. The molecule has 2 rings (SSSR count). The minimum atomic E-state index is -0.772. The van der Waals surface area contributed by atoms with Gasteiger partial charge < -0.3 is 10.1 Å². The highest BCUT2D eigenvalue weighted by Crippen LogP contribution is 2.15. The normalized spacial score (nSPS) is 11.6. The quantitative estimate of drug-likeness (QED) is 0.835. The molecule has 0 fully saturated rings. The Labute approximate surface area is 136 Å². The number of amides is 1. The van der Waals surface area contributed by atoms with E-state index in [2.05, 4.69) is 5.32 Å². The van der Waals surface area contributed by atoms with Crippen LogP contribution in [0.2, 0.25) is 0 Å². The summed E-state index contributed by atoms with van der Waals surface area (Å²) in [6.45, 7) is 2.03. The van der Waals surface area contributed by atoms with Gasteiger partial charge in [0.15, 0.2) is 6.04 Å². The lowest BCUT2D eigenvalue weighted by molar-refractivity contribution is -0.145. The summed E-state index contributed by atoms with van der Waals surface area (Å²) in [5.74, 6) is -0.648. The lowest BCUT2D eigenvalue weighted by Gasteiger charge is -2.17. The van der Waals surface area contributed by atoms with E-state index in [-0.39, 0.29) is 5.91 Å². The second kappa shape index (κ2) is 8.13. The predicted octanol–water partition coefficient (Wildman–Crippen LogP) is 2.96. The zero-order chi connectivity index (χ0) is 16.7. The van der Waals surface area contributed by atoms with Gasteiger partial charge in [-0.1, -0.05) is 60.2 Å². The van der Waals surface area contributed by atoms with Gasteiger partial charge in [0.1, 0.15) is 0 Å². The number of hydrogen-bond donors (Lipinski definition) is 1. The highest BCUT2D eigenvalue weighted by Gasteiger charge is 2.23. The molecule has 4 nitrogen and oxygen atoms in total. The first kappa shape index (κ1) is 16.7. The average Bonchev–Trinajstić information content (AvgIpc) is 2.59. The minimum Gasteiger partial charge on any atom is -0.467 e. The molecule has 1 atom stereocenters. The van der Waals surface area contributed by atoms with Gasteiger partial charge in [-0.25, -0.2) is 4.79 Å². The summed E-state index contributed by atoms with van der Waals surface area (Å²) in [5, 5.41) is 2.75. The van der Waals surface area contributed by atoms with Crippen molar-refractivity contribution in [2.24, 2.45) is 0 Å². The molecule has 0 heterocycles. The largest absolute Gasteiger partial charge is 0.467 e. The Morgan fingerprint density at radius 3 is 2.30 bits per heavy atom. The lowest BCUT2D eigenvalue weighted by atomic mass is 10.1. The van der Waals surface area contributed by atoms with Crippen LogP contribution in [-0.2, 0) is 20.7 Å². The second-order valence-corrected chi connectivity index (χ2v) is 5.42. The number of methoxy groups -OCH3 is 1. The van der Waals surface area contributed by atoms with Crippen LogP contribution >= 0.6 is 0 Å².